The number of nitrogens with zero attached hydrogens (tertiary/aromatic N) is 3. The van der Waals surface area contributed by atoms with E-state index in [0.717, 1.165) is 11.1 Å². The van der Waals surface area contributed by atoms with Crippen LogP contribution >= 0.6 is 0 Å². The highest BCUT2D eigenvalue weighted by molar-refractivity contribution is 6.00. The van der Waals surface area contributed by atoms with E-state index in [2.05, 4.69) is 10.6 Å². The number of Topliss-reactive ketones (excluding diaryl/α,β-unsaturated/α-hetero) is 1. The highest BCUT2D eigenvalue weighted by Gasteiger charge is 2.45. The van der Waals surface area contributed by atoms with Crippen LogP contribution in [0.25, 0.3) is 0 Å². The fourth-order valence-electron chi connectivity index (χ4n) is 7.96. The van der Waals surface area contributed by atoms with Crippen LogP contribution in [0.5, 0.6) is 0 Å². The van der Waals surface area contributed by atoms with Crippen molar-refractivity contribution in [2.75, 3.05) is 48.5 Å². The van der Waals surface area contributed by atoms with Crippen molar-refractivity contribution >= 4 is 29.4 Å². The second-order valence-corrected chi connectivity index (χ2v) is 16.1. The number of nitrogens with one attached hydrogen (secondary N) is 2. The molecule has 1 aromatic carbocycles. The number of amides is 4. The first kappa shape index (κ1) is 46.8. The van der Waals surface area contributed by atoms with E-state index in [-0.39, 0.29) is 67.2 Å². The quantitative estimate of drug-likeness (QED) is 0.170. The molecule has 1 aliphatic heterocycles. The van der Waals surface area contributed by atoms with Gasteiger partial charge in [-0.1, -0.05) is 78.6 Å². The summed E-state index contributed by atoms with van der Waals surface area (Å²) in [7, 11) is 8.35. The molecule has 1 aromatic rings. The van der Waals surface area contributed by atoms with Gasteiger partial charge in [-0.05, 0) is 57.7 Å². The summed E-state index contributed by atoms with van der Waals surface area (Å²) in [6.45, 7) is 17.1. The van der Waals surface area contributed by atoms with Gasteiger partial charge in [-0.25, -0.2) is 0 Å². The summed E-state index contributed by atoms with van der Waals surface area (Å²) >= 11 is 0. The Balaban J connectivity index is 2.28. The normalized spacial score (nSPS) is 19.9. The molecular weight excluding hydrogens is 690 g/mol. The van der Waals surface area contributed by atoms with Crippen LogP contribution in [-0.4, -0.2) is 140 Å². The summed E-state index contributed by atoms with van der Waals surface area (Å²) in [6.07, 6.45) is -1.52. The minimum absolute atomic E-state index is 0.0259. The Labute approximate surface area is 323 Å². The monoisotopic (exact) mass is 760 g/mol. The molecule has 0 unspecified atom stereocenters. The number of hydrogen-bond acceptors (Lipinski definition) is 9. The third-order valence-corrected chi connectivity index (χ3v) is 11.1. The smallest absolute Gasteiger partial charge is 0.245 e. The lowest BCUT2D eigenvalue weighted by atomic mass is 9.89. The molecule has 0 radical (unpaired) electrons. The number of ketones is 1. The SMILES string of the molecule is CC[C@H](C)[C@@H]([C@@H](CC(=O)N1C[C@@H](O)C[C@H]1[C@H](OC)[C@@H](C)C(=O)NCC(=O)c1ccc(C)cc1C)OC)N(C)C(=O)[C@@H](NC(=O)[C@H](C(C)C)N(C)C)C(C)C. The largest absolute Gasteiger partial charge is 0.391 e. The first-order valence-electron chi connectivity index (χ1n) is 19.4. The Morgan fingerprint density at radius 1 is 0.944 bits per heavy atom. The molecule has 1 saturated heterocycles. The first-order chi connectivity index (χ1) is 25.2. The lowest BCUT2D eigenvalue weighted by molar-refractivity contribution is -0.148. The van der Waals surface area contributed by atoms with Gasteiger partial charge in [-0.15, -0.1) is 0 Å². The molecular formula is C41H69N5O8. The van der Waals surface area contributed by atoms with E-state index in [4.69, 9.17) is 9.47 Å². The molecule has 0 aromatic heterocycles. The molecule has 1 heterocycles. The van der Waals surface area contributed by atoms with E-state index in [1.807, 2.05) is 86.5 Å². The number of carbonyl (C=O) groups is 5. The van der Waals surface area contributed by atoms with Crippen LogP contribution in [0.2, 0.25) is 0 Å². The predicted octanol–water partition coefficient (Wildman–Crippen LogP) is 3.22. The highest BCUT2D eigenvalue weighted by atomic mass is 16.5. The topological polar surface area (TPSA) is 158 Å². The van der Waals surface area contributed by atoms with Crippen molar-refractivity contribution < 1.29 is 38.6 Å². The summed E-state index contributed by atoms with van der Waals surface area (Å²) < 4.78 is 11.8. The molecule has 4 amide bonds. The average molecular weight is 760 g/mol. The molecule has 9 atom stereocenters. The second-order valence-electron chi connectivity index (χ2n) is 16.1. The molecule has 0 bridgehead atoms. The van der Waals surface area contributed by atoms with Crippen molar-refractivity contribution in [3.05, 3.63) is 34.9 Å². The summed E-state index contributed by atoms with van der Waals surface area (Å²) in [5, 5.41) is 16.5. The van der Waals surface area contributed by atoms with Gasteiger partial charge >= 0.3 is 0 Å². The Hall–Kier alpha value is -3.39. The number of hydrogen-bond donors (Lipinski definition) is 3. The second kappa shape index (κ2) is 21.1. The summed E-state index contributed by atoms with van der Waals surface area (Å²) in [5.74, 6) is -2.44. The van der Waals surface area contributed by atoms with E-state index in [1.165, 1.54) is 14.2 Å². The minimum Gasteiger partial charge on any atom is -0.391 e. The predicted molar refractivity (Wildman–Crippen MR) is 210 cm³/mol. The van der Waals surface area contributed by atoms with Crippen molar-refractivity contribution in [3.63, 3.8) is 0 Å². The maximum absolute atomic E-state index is 14.2. The third-order valence-electron chi connectivity index (χ3n) is 11.1. The van der Waals surface area contributed by atoms with Crippen molar-refractivity contribution in [1.82, 2.24) is 25.3 Å². The molecule has 0 spiro atoms. The van der Waals surface area contributed by atoms with E-state index < -0.39 is 54.3 Å². The van der Waals surface area contributed by atoms with Crippen LogP contribution in [0.4, 0.5) is 0 Å². The molecule has 1 aliphatic rings. The number of ether oxygens (including phenoxy) is 2. The van der Waals surface area contributed by atoms with Crippen LogP contribution in [0.3, 0.4) is 0 Å². The van der Waals surface area contributed by atoms with Crippen LogP contribution in [0.15, 0.2) is 18.2 Å². The van der Waals surface area contributed by atoms with Gasteiger partial charge in [0.2, 0.25) is 23.6 Å². The number of aryl methyl sites for hydroxylation is 2. The van der Waals surface area contributed by atoms with E-state index in [0.29, 0.717) is 12.0 Å². The minimum atomic E-state index is -0.833. The van der Waals surface area contributed by atoms with Crippen molar-refractivity contribution in [2.45, 2.75) is 124 Å². The molecule has 3 N–H and O–H groups in total. The fourth-order valence-corrected chi connectivity index (χ4v) is 7.96. The van der Waals surface area contributed by atoms with Crippen LogP contribution in [-0.2, 0) is 28.7 Å². The van der Waals surface area contributed by atoms with E-state index in [9.17, 15) is 29.1 Å². The maximum Gasteiger partial charge on any atom is 0.245 e. The molecule has 0 saturated carbocycles. The number of aliphatic hydroxyl groups excluding tert-OH is 1. The zero-order chi connectivity index (χ0) is 41.2. The molecule has 54 heavy (non-hydrogen) atoms. The van der Waals surface area contributed by atoms with E-state index >= 15 is 0 Å². The lowest BCUT2D eigenvalue weighted by Gasteiger charge is -2.41. The summed E-state index contributed by atoms with van der Waals surface area (Å²) in [5.41, 5.74) is 2.41. The fraction of sp³-hybridized carbons (Fsp3) is 0.732. The summed E-state index contributed by atoms with van der Waals surface area (Å²) in [4.78, 5) is 73.1. The summed E-state index contributed by atoms with van der Waals surface area (Å²) in [6, 6.07) is 3.17. The number of benzene rings is 1. The van der Waals surface area contributed by atoms with Gasteiger partial charge in [0.1, 0.15) is 6.04 Å². The zero-order valence-corrected chi connectivity index (χ0v) is 35.3. The number of β-amino-alcohol motifs (C(OH)–C–C–N with tert-alkyl or cyclic N) is 1. The lowest BCUT2D eigenvalue weighted by Crippen LogP contribution is -2.59. The average Bonchev–Trinajstić information content (AvgIpc) is 3.49. The van der Waals surface area contributed by atoms with Crippen molar-refractivity contribution in [2.24, 2.45) is 23.7 Å². The van der Waals surface area contributed by atoms with Crippen LogP contribution < -0.4 is 10.6 Å². The van der Waals surface area contributed by atoms with Gasteiger partial charge in [-0.2, -0.15) is 0 Å². The first-order valence-corrected chi connectivity index (χ1v) is 19.4. The molecule has 0 aliphatic carbocycles. The number of methoxy groups -OCH3 is 2. The van der Waals surface area contributed by atoms with Gasteiger partial charge < -0.3 is 35.0 Å². The van der Waals surface area contributed by atoms with Gasteiger partial charge in [0.25, 0.3) is 0 Å². The van der Waals surface area contributed by atoms with Gasteiger partial charge in [0.15, 0.2) is 5.78 Å². The van der Waals surface area contributed by atoms with Gasteiger partial charge in [0.05, 0.1) is 55.3 Å². The number of carbonyl (C=O) groups excluding carboxylic acids is 5. The van der Waals surface area contributed by atoms with Crippen molar-refractivity contribution in [1.29, 1.82) is 0 Å². The van der Waals surface area contributed by atoms with Crippen LogP contribution in [0, 0.1) is 37.5 Å². The maximum atomic E-state index is 14.2. The van der Waals surface area contributed by atoms with Gasteiger partial charge in [-0.3, -0.25) is 28.9 Å². The number of aliphatic hydroxyl groups is 1. The van der Waals surface area contributed by atoms with Crippen molar-refractivity contribution in [3.8, 4) is 0 Å². The Morgan fingerprint density at radius 3 is 2.07 bits per heavy atom. The molecule has 13 heteroatoms. The number of rotatable bonds is 20. The molecule has 1 fully saturated rings. The zero-order valence-electron chi connectivity index (χ0n) is 35.3. The standard InChI is InChI=1S/C41H69N5O8/c1-15-26(7)37(45(12)41(52)35(23(2)3)43-40(51)36(24(4)5)44(10)11)33(53-13)20-34(49)46-22-29(47)19-31(46)38(54-14)28(9)39(50)42-21-32(48)30-17-16-25(6)18-27(30)8/h16-18,23-24,26,28-29,31,33,35-38,47H,15,19-22H2,1-14H3,(H,42,50)(H,43,51)/t26-,28+,29-,31-,33+,35-,36-,37-,38+/m0/s1. The number of likely N-dealkylation sites (tertiary alicyclic amines) is 1. The Bertz CT molecular complexity index is 1430. The highest BCUT2D eigenvalue weighted by Crippen LogP contribution is 2.30. The third kappa shape index (κ3) is 11.8. The van der Waals surface area contributed by atoms with Crippen LogP contribution in [0.1, 0.15) is 89.2 Å². The van der Waals surface area contributed by atoms with E-state index in [1.54, 1.807) is 29.8 Å². The Morgan fingerprint density at radius 2 is 1.57 bits per heavy atom. The molecule has 306 valence electrons. The number of likely N-dealkylation sites (N-methyl/N-ethyl adjacent to an activating group) is 2. The van der Waals surface area contributed by atoms with Gasteiger partial charge in [0, 0.05) is 33.4 Å². The molecule has 2 rings (SSSR count). The Kier molecular flexibility index (Phi) is 18.2. The molecule has 13 nitrogen and oxygen atoms in total.